The molecule has 0 amide bonds. The molecule has 0 fully saturated rings. The maximum atomic E-state index is 11.6. The third-order valence-corrected chi connectivity index (χ3v) is 4.59. The normalized spacial score (nSPS) is 17.3. The Morgan fingerprint density at radius 2 is 2.05 bits per heavy atom. The summed E-state index contributed by atoms with van der Waals surface area (Å²) in [5.74, 6) is -0.910. The van der Waals surface area contributed by atoms with Crippen molar-refractivity contribution in [1.29, 1.82) is 0 Å². The monoisotopic (exact) mass is 304 g/mol. The van der Waals surface area contributed by atoms with Crippen LogP contribution in [0, 0.1) is 10.1 Å². The molecule has 1 aliphatic heterocycles. The molecule has 1 aromatic carbocycles. The quantitative estimate of drug-likeness (QED) is 0.696. The molecule has 0 aliphatic carbocycles. The number of anilines is 1. The average Bonchev–Trinajstić information content (AvgIpc) is 2.94. The number of carboxylic acids is 1. The maximum Gasteiger partial charge on any atom is 0.331 e. The summed E-state index contributed by atoms with van der Waals surface area (Å²) in [4.78, 5) is 24.7. The van der Waals surface area contributed by atoms with E-state index in [-0.39, 0.29) is 5.69 Å². The van der Waals surface area contributed by atoms with Crippen LogP contribution in [0.3, 0.4) is 0 Å². The van der Waals surface area contributed by atoms with Gasteiger partial charge in [-0.05, 0) is 35.6 Å². The summed E-state index contributed by atoms with van der Waals surface area (Å²) in [6.45, 7) is 0.586. The van der Waals surface area contributed by atoms with Gasteiger partial charge in [-0.3, -0.25) is 10.1 Å². The SMILES string of the molecule is O=C(O)C1c2ccsc2CCN1c1ccc([N+](=O)[O-])cc1. The van der Waals surface area contributed by atoms with Crippen molar-refractivity contribution in [2.45, 2.75) is 12.5 Å². The van der Waals surface area contributed by atoms with E-state index in [0.29, 0.717) is 12.2 Å². The first-order valence-electron chi connectivity index (χ1n) is 6.38. The van der Waals surface area contributed by atoms with Crippen LogP contribution in [0.25, 0.3) is 0 Å². The Hall–Kier alpha value is -2.41. The number of hydrogen-bond acceptors (Lipinski definition) is 5. The van der Waals surface area contributed by atoms with Crippen LogP contribution in [-0.4, -0.2) is 22.5 Å². The minimum absolute atomic E-state index is 0.00106. The van der Waals surface area contributed by atoms with Crippen molar-refractivity contribution in [3.8, 4) is 0 Å². The van der Waals surface area contributed by atoms with Crippen molar-refractivity contribution < 1.29 is 14.8 Å². The predicted molar refractivity (Wildman–Crippen MR) is 78.8 cm³/mol. The highest BCUT2D eigenvalue weighted by Gasteiger charge is 2.33. The highest BCUT2D eigenvalue weighted by Crippen LogP contribution is 2.36. The fourth-order valence-electron chi connectivity index (χ4n) is 2.63. The number of fused-ring (bicyclic) bond motifs is 1. The Bertz CT molecular complexity index is 695. The van der Waals surface area contributed by atoms with Crippen LogP contribution in [0.15, 0.2) is 35.7 Å². The molecule has 0 saturated carbocycles. The van der Waals surface area contributed by atoms with Crippen molar-refractivity contribution in [3.05, 3.63) is 56.3 Å². The molecule has 7 heteroatoms. The Kier molecular flexibility index (Phi) is 3.34. The molecule has 21 heavy (non-hydrogen) atoms. The van der Waals surface area contributed by atoms with Crippen molar-refractivity contribution in [2.75, 3.05) is 11.4 Å². The molecule has 108 valence electrons. The number of non-ortho nitro benzene ring substituents is 1. The summed E-state index contributed by atoms with van der Waals surface area (Å²) >= 11 is 1.57. The summed E-state index contributed by atoms with van der Waals surface area (Å²) in [6.07, 6.45) is 0.785. The maximum absolute atomic E-state index is 11.6. The van der Waals surface area contributed by atoms with Crippen LogP contribution >= 0.6 is 11.3 Å². The van der Waals surface area contributed by atoms with Crippen LogP contribution in [0.5, 0.6) is 0 Å². The first kappa shape index (κ1) is 13.6. The molecular formula is C14H12N2O4S. The minimum atomic E-state index is -0.910. The number of carbonyl (C=O) groups is 1. The molecule has 1 atom stereocenters. The zero-order valence-electron chi connectivity index (χ0n) is 10.9. The number of carboxylic acid groups (broad SMARTS) is 1. The molecule has 1 unspecified atom stereocenters. The van der Waals surface area contributed by atoms with Crippen molar-refractivity contribution in [3.63, 3.8) is 0 Å². The summed E-state index contributed by atoms with van der Waals surface area (Å²) in [7, 11) is 0. The number of thiophene rings is 1. The van der Waals surface area contributed by atoms with Gasteiger partial charge < -0.3 is 10.0 Å². The Morgan fingerprint density at radius 1 is 1.33 bits per heavy atom. The minimum Gasteiger partial charge on any atom is -0.479 e. The zero-order valence-corrected chi connectivity index (χ0v) is 11.7. The standard InChI is InChI=1S/C14H12N2O4S/c17-14(18)13-11-6-8-21-12(11)5-7-15(13)9-1-3-10(4-2-9)16(19)20/h1-4,6,8,13H,5,7H2,(H,17,18). The smallest absolute Gasteiger partial charge is 0.331 e. The van der Waals surface area contributed by atoms with Gasteiger partial charge in [0, 0.05) is 29.2 Å². The van der Waals surface area contributed by atoms with Gasteiger partial charge in [0.2, 0.25) is 0 Å². The number of nitrogens with zero attached hydrogens (tertiary/aromatic N) is 2. The molecule has 6 nitrogen and oxygen atoms in total. The van der Waals surface area contributed by atoms with E-state index in [2.05, 4.69) is 0 Å². The van der Waals surface area contributed by atoms with Gasteiger partial charge in [0.15, 0.2) is 6.04 Å². The molecule has 0 spiro atoms. The number of rotatable bonds is 3. The molecule has 1 aliphatic rings. The van der Waals surface area contributed by atoms with Gasteiger partial charge in [0.1, 0.15) is 0 Å². The second-order valence-corrected chi connectivity index (χ2v) is 5.76. The van der Waals surface area contributed by atoms with Gasteiger partial charge in [-0.1, -0.05) is 0 Å². The number of nitro groups is 1. The van der Waals surface area contributed by atoms with E-state index in [9.17, 15) is 20.0 Å². The highest BCUT2D eigenvalue weighted by atomic mass is 32.1. The zero-order chi connectivity index (χ0) is 15.0. The fraction of sp³-hybridized carbons (Fsp3) is 0.214. The molecular weight excluding hydrogens is 292 g/mol. The lowest BCUT2D eigenvalue weighted by molar-refractivity contribution is -0.384. The van der Waals surface area contributed by atoms with Crippen LogP contribution in [-0.2, 0) is 11.2 Å². The van der Waals surface area contributed by atoms with Crippen LogP contribution in [0.4, 0.5) is 11.4 Å². The van der Waals surface area contributed by atoms with E-state index in [1.165, 1.54) is 12.1 Å². The van der Waals surface area contributed by atoms with E-state index >= 15 is 0 Å². The molecule has 1 N–H and O–H groups in total. The second-order valence-electron chi connectivity index (χ2n) is 4.76. The third kappa shape index (κ3) is 2.36. The summed E-state index contributed by atoms with van der Waals surface area (Å²) in [5.41, 5.74) is 1.50. The van der Waals surface area contributed by atoms with Gasteiger partial charge >= 0.3 is 5.97 Å². The average molecular weight is 304 g/mol. The van der Waals surface area contributed by atoms with E-state index in [1.807, 2.05) is 11.4 Å². The van der Waals surface area contributed by atoms with Gasteiger partial charge in [0.05, 0.1) is 4.92 Å². The number of aliphatic carboxylic acids is 1. The van der Waals surface area contributed by atoms with Crippen molar-refractivity contribution in [2.24, 2.45) is 0 Å². The molecule has 0 bridgehead atoms. The van der Waals surface area contributed by atoms with Gasteiger partial charge in [0.25, 0.3) is 5.69 Å². The summed E-state index contributed by atoms with van der Waals surface area (Å²) in [6, 6.07) is 7.11. The van der Waals surface area contributed by atoms with E-state index in [0.717, 1.165) is 16.9 Å². The third-order valence-electron chi connectivity index (χ3n) is 3.59. The lowest BCUT2D eigenvalue weighted by Gasteiger charge is -2.34. The fourth-order valence-corrected chi connectivity index (χ4v) is 3.53. The van der Waals surface area contributed by atoms with Crippen molar-refractivity contribution >= 4 is 28.7 Å². The van der Waals surface area contributed by atoms with Crippen LogP contribution in [0.1, 0.15) is 16.5 Å². The van der Waals surface area contributed by atoms with E-state index in [4.69, 9.17) is 0 Å². The number of benzene rings is 1. The van der Waals surface area contributed by atoms with Crippen molar-refractivity contribution in [1.82, 2.24) is 0 Å². The van der Waals surface area contributed by atoms with Gasteiger partial charge in [-0.25, -0.2) is 4.79 Å². The van der Waals surface area contributed by atoms with Crippen LogP contribution < -0.4 is 4.90 Å². The lowest BCUT2D eigenvalue weighted by Crippen LogP contribution is -2.39. The molecule has 0 saturated heterocycles. The van der Waals surface area contributed by atoms with Gasteiger partial charge in [-0.15, -0.1) is 11.3 Å². The molecule has 3 rings (SSSR count). The largest absolute Gasteiger partial charge is 0.479 e. The Labute approximate surface area is 124 Å². The molecule has 0 radical (unpaired) electrons. The Morgan fingerprint density at radius 3 is 2.67 bits per heavy atom. The first-order valence-corrected chi connectivity index (χ1v) is 7.26. The molecule has 1 aromatic heterocycles. The second kappa shape index (κ2) is 5.17. The molecule has 2 aromatic rings. The molecule has 2 heterocycles. The summed E-state index contributed by atoms with van der Waals surface area (Å²) in [5, 5.41) is 22.1. The lowest BCUT2D eigenvalue weighted by atomic mass is 9.99. The van der Waals surface area contributed by atoms with E-state index in [1.54, 1.807) is 28.4 Å². The summed E-state index contributed by atoms with van der Waals surface area (Å²) < 4.78 is 0. The topological polar surface area (TPSA) is 83.7 Å². The number of nitro benzene ring substituents is 1. The van der Waals surface area contributed by atoms with Gasteiger partial charge in [-0.2, -0.15) is 0 Å². The predicted octanol–water partition coefficient (Wildman–Crippen LogP) is 2.84. The number of hydrogen-bond donors (Lipinski definition) is 1. The van der Waals surface area contributed by atoms with E-state index < -0.39 is 16.9 Å². The highest BCUT2D eigenvalue weighted by molar-refractivity contribution is 7.10. The Balaban J connectivity index is 1.98. The van der Waals surface area contributed by atoms with Crippen LogP contribution in [0.2, 0.25) is 0 Å². The first-order chi connectivity index (χ1) is 10.1.